The lowest BCUT2D eigenvalue weighted by molar-refractivity contribution is -0.437. The van der Waals surface area contributed by atoms with Crippen LogP contribution in [0.15, 0.2) is 150 Å². The maximum Gasteiger partial charge on any atom is 0.264 e. The first-order valence-electron chi connectivity index (χ1n) is 37.1. The molecule has 0 radical (unpaired) electrons. The second-order valence-corrected chi connectivity index (χ2v) is 33.0. The SMILES string of the molecule is CCCCCCCCCCCCO[C@H]1CC[C@@]2(C)C(=CC[C@H]3[C@@H]4CC[C@H](C(C)CNC(=S)NCCC[N+]5=C(C=CC6=C(OCc7ccccc7)C(=CC=C7N(CCCCS(=O)(=O)O)c8ccccc8C7(C)C)CCC6)C(C)(C)c6c5ccc5ccccc65)[C@@]4(C)CC[C@@H]32)C1. The molecule has 0 saturated heterocycles. The number of hydrogen-bond acceptors (Lipinski definition) is 6. The molecule has 2 aliphatic heterocycles. The fraction of sp³-hybridized carbons (Fsp3) is 0.590. The van der Waals surface area contributed by atoms with Gasteiger partial charge in [-0.15, -0.1) is 0 Å². The van der Waals surface area contributed by atoms with E-state index in [1.807, 2.05) is 0 Å². The predicted octanol–water partition coefficient (Wildman–Crippen LogP) is 20.1. The lowest BCUT2D eigenvalue weighted by Crippen LogP contribution is -2.51. The number of allylic oxidation sites excluding steroid dienone is 8. The van der Waals surface area contributed by atoms with Crippen LogP contribution in [0.5, 0.6) is 0 Å². The maximum atomic E-state index is 11.7. The molecule has 2 heterocycles. The molecule has 3 fully saturated rings. The maximum absolute atomic E-state index is 11.7. The van der Waals surface area contributed by atoms with Crippen LogP contribution in [-0.4, -0.2) is 73.0 Å². The van der Waals surface area contributed by atoms with Gasteiger partial charge in [-0.25, -0.2) is 0 Å². The van der Waals surface area contributed by atoms with Crippen LogP contribution in [0.25, 0.3) is 10.8 Å². The number of thiocarbonyl (C=S) groups is 1. The predicted molar refractivity (Wildman–Crippen MR) is 396 cm³/mol. The third kappa shape index (κ3) is 15.6. The van der Waals surface area contributed by atoms with E-state index >= 15 is 0 Å². The smallest absolute Gasteiger partial charge is 0.264 e. The van der Waals surface area contributed by atoms with Gasteiger partial charge in [0.1, 0.15) is 12.4 Å². The Morgan fingerprint density at radius 3 is 2.30 bits per heavy atom. The number of benzene rings is 4. The van der Waals surface area contributed by atoms with Crippen molar-refractivity contribution in [3.05, 3.63) is 166 Å². The van der Waals surface area contributed by atoms with Crippen LogP contribution in [0.3, 0.4) is 0 Å². The summed E-state index contributed by atoms with van der Waals surface area (Å²) in [5, 5.41) is 10.8. The summed E-state index contributed by atoms with van der Waals surface area (Å²) in [4.78, 5) is 2.35. The molecule has 3 saturated carbocycles. The van der Waals surface area contributed by atoms with Crippen LogP contribution in [-0.2, 0) is 37.0 Å². The molecule has 0 spiro atoms. The highest BCUT2D eigenvalue weighted by Crippen LogP contribution is 2.67. The number of para-hydroxylation sites is 1. The van der Waals surface area contributed by atoms with Crippen LogP contribution in [0.4, 0.5) is 11.4 Å². The minimum Gasteiger partial charge on any atom is -0.488 e. The molecule has 8 atom stereocenters. The van der Waals surface area contributed by atoms with Gasteiger partial charge in [-0.05, 0) is 214 Å². The number of rotatable bonds is 30. The molecule has 11 rings (SSSR count). The van der Waals surface area contributed by atoms with Gasteiger partial charge in [0, 0.05) is 67.2 Å². The van der Waals surface area contributed by atoms with E-state index in [0.29, 0.717) is 54.8 Å². The third-order valence-electron chi connectivity index (χ3n) is 24.3. The molecule has 0 amide bonds. The third-order valence-corrected chi connectivity index (χ3v) is 25.4. The van der Waals surface area contributed by atoms with Gasteiger partial charge in [-0.2, -0.15) is 13.0 Å². The molecule has 11 heteroatoms. The Labute approximate surface area is 572 Å². The molecule has 0 bridgehead atoms. The lowest BCUT2D eigenvalue weighted by atomic mass is 9.47. The Hall–Kier alpha value is -5.33. The molecule has 1 unspecified atom stereocenters. The van der Waals surface area contributed by atoms with Gasteiger partial charge in [-0.1, -0.05) is 190 Å². The minimum atomic E-state index is -4.03. The van der Waals surface area contributed by atoms with Gasteiger partial charge in [0.15, 0.2) is 17.4 Å². The van der Waals surface area contributed by atoms with Crippen molar-refractivity contribution in [3.63, 3.8) is 0 Å². The van der Waals surface area contributed by atoms with Crippen molar-refractivity contribution in [2.45, 2.75) is 233 Å². The Bertz CT molecular complexity index is 3600. The van der Waals surface area contributed by atoms with E-state index in [2.05, 4.69) is 197 Å². The normalized spacial score (nSPS) is 26.5. The molecule has 4 aromatic carbocycles. The van der Waals surface area contributed by atoms with Crippen LogP contribution in [0.1, 0.15) is 226 Å². The molecule has 9 nitrogen and oxygen atoms in total. The summed E-state index contributed by atoms with van der Waals surface area (Å²) in [5.41, 5.74) is 12.9. The number of hydrogen-bond donors (Lipinski definition) is 3. The highest BCUT2D eigenvalue weighted by molar-refractivity contribution is 7.85. The topological polar surface area (TPSA) is 103 Å². The second-order valence-electron chi connectivity index (χ2n) is 31.1. The second kappa shape index (κ2) is 31.0. The van der Waals surface area contributed by atoms with E-state index in [-0.39, 0.29) is 16.6 Å². The first-order valence-corrected chi connectivity index (χ1v) is 39.2. The zero-order valence-electron chi connectivity index (χ0n) is 58.7. The fourth-order valence-electron chi connectivity index (χ4n) is 19.2. The summed E-state index contributed by atoms with van der Waals surface area (Å²) < 4.78 is 49.1. The van der Waals surface area contributed by atoms with E-state index in [1.165, 1.54) is 154 Å². The minimum absolute atomic E-state index is 0.240. The quantitative estimate of drug-likeness (QED) is 0.0155. The number of unbranched alkanes of at least 4 members (excludes halogenated alkanes) is 10. The average Bonchev–Trinajstić information content (AvgIpc) is 1.50. The number of fused-ring (bicyclic) bond motifs is 9. The zero-order chi connectivity index (χ0) is 66.1. The number of nitrogens with zero attached hydrogens (tertiary/aromatic N) is 2. The van der Waals surface area contributed by atoms with Crippen molar-refractivity contribution in [2.24, 2.45) is 40.4 Å². The molecule has 5 aliphatic carbocycles. The van der Waals surface area contributed by atoms with Crippen molar-refractivity contribution >= 4 is 55.3 Å². The van der Waals surface area contributed by atoms with Crippen LogP contribution in [0, 0.1) is 40.4 Å². The molecular weight excluding hydrogens is 1200 g/mol. The summed E-state index contributed by atoms with van der Waals surface area (Å²) in [7, 11) is -4.03. The Morgan fingerprint density at radius 1 is 0.766 bits per heavy atom. The van der Waals surface area contributed by atoms with E-state index in [9.17, 15) is 13.0 Å². The summed E-state index contributed by atoms with van der Waals surface area (Å²) in [6, 6.07) is 32.5. The Morgan fingerprint density at radius 2 is 1.51 bits per heavy atom. The number of nitrogens with one attached hydrogen (secondary N) is 2. The fourth-order valence-corrected chi connectivity index (χ4v) is 19.9. The van der Waals surface area contributed by atoms with Gasteiger partial charge < -0.3 is 25.0 Å². The lowest BCUT2D eigenvalue weighted by Gasteiger charge is -2.58. The van der Waals surface area contributed by atoms with Gasteiger partial charge in [0.2, 0.25) is 5.69 Å². The summed E-state index contributed by atoms with van der Waals surface area (Å²) in [6.45, 7) is 24.1. The molecule has 508 valence electrons. The van der Waals surface area contributed by atoms with Gasteiger partial charge >= 0.3 is 0 Å². The average molecular weight is 1310 g/mol. The molecule has 3 N–H and O–H groups in total. The van der Waals surface area contributed by atoms with Crippen LogP contribution < -0.4 is 15.5 Å². The zero-order valence-corrected chi connectivity index (χ0v) is 60.4. The van der Waals surface area contributed by atoms with Crippen LogP contribution in [0.2, 0.25) is 0 Å². The molecule has 7 aliphatic rings. The van der Waals surface area contributed by atoms with E-state index in [0.717, 1.165) is 104 Å². The molecular formula is C83H115N4O5S2+. The van der Waals surface area contributed by atoms with Crippen molar-refractivity contribution in [2.75, 3.05) is 43.4 Å². The first-order chi connectivity index (χ1) is 45.3. The van der Waals surface area contributed by atoms with Gasteiger partial charge in [0.05, 0.1) is 17.3 Å². The summed E-state index contributed by atoms with van der Waals surface area (Å²) in [5.74, 6) is 4.37. The van der Waals surface area contributed by atoms with E-state index in [4.69, 9.17) is 21.7 Å². The monoisotopic (exact) mass is 1310 g/mol. The van der Waals surface area contributed by atoms with Crippen molar-refractivity contribution in [1.29, 1.82) is 0 Å². The van der Waals surface area contributed by atoms with Crippen molar-refractivity contribution < 1.29 is 27.0 Å². The highest BCUT2D eigenvalue weighted by Gasteiger charge is 2.59. The summed E-state index contributed by atoms with van der Waals surface area (Å²) >= 11 is 6.11. The molecule has 94 heavy (non-hydrogen) atoms. The number of ether oxygens (including phenoxy) is 2. The highest BCUT2D eigenvalue weighted by atomic mass is 32.2. The first kappa shape index (κ1) is 70.0. The van der Waals surface area contributed by atoms with Crippen molar-refractivity contribution in [3.8, 4) is 0 Å². The van der Waals surface area contributed by atoms with Gasteiger partial charge in [-0.3, -0.25) is 4.55 Å². The molecule has 0 aromatic heterocycles. The number of anilines is 1. The molecule has 4 aromatic rings. The van der Waals surface area contributed by atoms with Crippen molar-refractivity contribution in [1.82, 2.24) is 10.6 Å². The Kier molecular flexibility index (Phi) is 23.1. The largest absolute Gasteiger partial charge is 0.488 e. The standard InChI is InChI=1S/C83H114N4O5S2/c1-9-10-11-12-13-14-15-16-17-26-55-91-66-48-50-82(7)65(57-66)41-42-68-70-44-43-69(83(70,8)51-49-71(68)82)60(2)58-85-79(93)84-52-29-54-87-74-45-38-62-32-21-22-35-67(62)77(74)81(5,6)76(87)47-40-64-34-28-33-63(78(64)92-59-61-30-19-18-20-31-61)39-46-75-80(3,4)72-36-23-24-37-73(72)86(75)53-25-27-56-94(88,89)90/h18-24,30-32,35-41,45-47,60,66,68-71H,9-17,25-29,33-34,42-44,48-59H2,1-8H3,(H2-,84,85,88,89,90,93)/p+1/t60?,66-,68-,69+,70-,71-,82-,83+/m0/s1. The van der Waals surface area contributed by atoms with Crippen LogP contribution >= 0.6 is 12.2 Å². The Balaban J connectivity index is 0.738. The van der Waals surface area contributed by atoms with E-state index < -0.39 is 10.1 Å². The van der Waals surface area contributed by atoms with Gasteiger partial charge in [0.25, 0.3) is 10.1 Å². The summed E-state index contributed by atoms with van der Waals surface area (Å²) in [6.07, 6.45) is 41.3. The van der Waals surface area contributed by atoms with E-state index in [1.54, 1.807) is 5.57 Å².